The molecule has 3 amide bonds. The Kier molecular flexibility index (Phi) is 37.0. The molecule has 0 aromatic heterocycles. The minimum Gasteiger partial charge on any atom is -1.00 e. The van der Waals surface area contributed by atoms with Crippen LogP contribution in [0.2, 0.25) is 13.3 Å². The van der Waals surface area contributed by atoms with Crippen LogP contribution in [0.25, 0.3) is 32.0 Å². The number of hydrogen-bond donors (Lipinski definition) is 3. The number of alkyl carbamates (subject to hydrolysis) is 1. The Bertz CT molecular complexity index is 3020. The molecule has 86 heavy (non-hydrogen) atoms. The van der Waals surface area contributed by atoms with Crippen molar-refractivity contribution in [2.24, 2.45) is 5.11 Å². The van der Waals surface area contributed by atoms with Crippen LogP contribution < -0.4 is 36.8 Å². The summed E-state index contributed by atoms with van der Waals surface area (Å²) < 4.78 is 23.3. The summed E-state index contributed by atoms with van der Waals surface area (Å²) in [4.78, 5) is 39.2. The van der Waals surface area contributed by atoms with Crippen LogP contribution in [0, 0.1) is 0 Å². The number of benzene rings is 5. The van der Waals surface area contributed by atoms with Crippen LogP contribution >= 0.6 is 0 Å². The van der Waals surface area contributed by atoms with Gasteiger partial charge in [0.2, 0.25) is 11.6 Å². The van der Waals surface area contributed by atoms with Crippen molar-refractivity contribution < 1.29 is 45.6 Å². The molecule has 470 valence electrons. The largest absolute Gasteiger partial charge is 1.00 e. The summed E-state index contributed by atoms with van der Waals surface area (Å²) in [5, 5.41) is 16.3. The zero-order valence-electron chi connectivity index (χ0n) is 53.0. The van der Waals surface area contributed by atoms with E-state index in [0.29, 0.717) is 39.4 Å². The number of ether oxygens (including phenoxy) is 3. The van der Waals surface area contributed by atoms with Gasteiger partial charge in [0, 0.05) is 73.9 Å². The average Bonchev–Trinajstić information content (AvgIpc) is 1.61. The second-order valence-corrected chi connectivity index (χ2v) is 34.9. The fourth-order valence-electron chi connectivity index (χ4n) is 11.2. The third-order valence-electron chi connectivity index (χ3n) is 15.6. The number of allylic oxidation sites excluding steroid dienone is 6. The molecule has 0 unspecified atom stereocenters. The molecule has 3 N–H and O–H groups in total. The summed E-state index contributed by atoms with van der Waals surface area (Å²) in [7, 11) is 7.09. The Morgan fingerprint density at radius 2 is 1.35 bits per heavy atom. The van der Waals surface area contributed by atoms with Gasteiger partial charge in [0.15, 0.2) is 6.54 Å². The molecular weight excluding hydrogens is 1200 g/mol. The van der Waals surface area contributed by atoms with Crippen LogP contribution in [0.5, 0.6) is 0 Å². The third-order valence-corrected chi connectivity index (χ3v) is 31.2. The first kappa shape index (κ1) is 75.9. The molecule has 2 aliphatic heterocycles. The number of halogens is 1. The van der Waals surface area contributed by atoms with E-state index in [-0.39, 0.29) is 43.7 Å². The number of anilines is 1. The van der Waals surface area contributed by atoms with E-state index in [1.54, 1.807) is 17.7 Å². The van der Waals surface area contributed by atoms with E-state index in [1.165, 1.54) is 114 Å². The number of unbranched alkanes of at least 4 members (excludes halogenated alkanes) is 5. The number of likely N-dealkylation sites (N-methyl/N-ethyl adjacent to an activating group) is 1. The van der Waals surface area contributed by atoms with Crippen LogP contribution in [0.4, 0.5) is 10.5 Å². The van der Waals surface area contributed by atoms with E-state index in [9.17, 15) is 14.4 Å². The number of nitrogens with zero attached hydrogens (tertiary/aromatic N) is 5. The standard InChI is InChI=1S/C39H41N3O.C8H16N4O4.C8H8NO.3C4H9.C2H6.CH4.ClH.Sn/c1-39(2)36(41(4)35-23-22-28-15-12-13-18-32(28)38(35)39)20-8-5-7-19-34-33-26-30-17-11-10-16-29(30)25-31(33)27-42(34)24-14-6-9-21-37(43)40-3;1-10-8(13)16-7-6-15-5-4-14-3-2-11-12-9;1-9-8(10)7-5-3-2-4-6-7;3*1-3-4-2;1-2;;;/h5,7-8,10-13,15-20,22-23,25-26H,6,9,14,21,24,27H2,1-4H3;2-7H2,1H3,(H,10,13);2-3,5-6H,1H3,(H,9,10);3*1,3-4H2,2H3;1-2H3;1H4;1H;. The number of azide groups is 1. The zero-order valence-corrected chi connectivity index (χ0v) is 56.6. The minimum atomic E-state index is -2.40. The van der Waals surface area contributed by atoms with E-state index >= 15 is 0 Å². The van der Waals surface area contributed by atoms with Crippen molar-refractivity contribution in [3.8, 4) is 0 Å². The Labute approximate surface area is 526 Å². The maximum Gasteiger partial charge on any atom is 0.406 e. The maximum absolute atomic E-state index is 12.0. The predicted octanol–water partition coefficient (Wildman–Crippen LogP) is 12.5. The fourth-order valence-corrected chi connectivity index (χ4v) is 27.2. The number of rotatable bonds is 29. The van der Waals surface area contributed by atoms with Gasteiger partial charge in [-0.25, -0.2) is 9.37 Å². The molecule has 0 saturated carbocycles. The Balaban J connectivity index is 0.000000495. The van der Waals surface area contributed by atoms with Crippen molar-refractivity contribution in [1.82, 2.24) is 16.0 Å². The van der Waals surface area contributed by atoms with E-state index in [4.69, 9.17) is 15.0 Å². The van der Waals surface area contributed by atoms with Gasteiger partial charge in [0.05, 0.1) is 32.0 Å². The van der Waals surface area contributed by atoms with E-state index < -0.39 is 24.5 Å². The summed E-state index contributed by atoms with van der Waals surface area (Å²) >= 11 is -2.40. The normalized spacial score (nSPS) is 13.2. The van der Waals surface area contributed by atoms with Crippen molar-refractivity contribution in [3.63, 3.8) is 0 Å². The molecule has 16 heteroatoms. The molecule has 7 rings (SSSR count). The zero-order chi connectivity index (χ0) is 61.2. The van der Waals surface area contributed by atoms with Crippen LogP contribution in [-0.4, -0.2) is 121 Å². The molecule has 0 aliphatic carbocycles. The molecule has 2 aliphatic rings. The number of hydrogen-bond acceptors (Lipinski definition) is 8. The maximum atomic E-state index is 12.0. The van der Waals surface area contributed by atoms with Crippen LogP contribution in [0.1, 0.15) is 147 Å². The van der Waals surface area contributed by atoms with Crippen molar-refractivity contribution in [3.05, 3.63) is 166 Å². The second-order valence-electron chi connectivity index (χ2n) is 21.6. The molecule has 0 radical (unpaired) electrons. The first-order valence-electron chi connectivity index (χ1n) is 30.8. The third kappa shape index (κ3) is 22.8. The molecule has 0 saturated heterocycles. The fraction of sp³-hybridized carbons (Fsp3) is 0.486. The minimum absolute atomic E-state index is 0. The number of carbonyl (C=O) groups excluding carboxylic acids is 3. The summed E-state index contributed by atoms with van der Waals surface area (Å²) in [5.41, 5.74) is 16.7. The number of nitrogens with one attached hydrogen (secondary N) is 3. The van der Waals surface area contributed by atoms with Crippen molar-refractivity contribution in [2.75, 3.05) is 79.2 Å². The quantitative estimate of drug-likeness (QED) is 0.00814. The Hall–Kier alpha value is -6.16. The molecule has 14 nitrogen and oxygen atoms in total. The smallest absolute Gasteiger partial charge is 0.406 e. The van der Waals surface area contributed by atoms with Crippen LogP contribution in [-0.2, 0) is 31.0 Å². The van der Waals surface area contributed by atoms with Gasteiger partial charge >= 0.3 is 154 Å². The summed E-state index contributed by atoms with van der Waals surface area (Å²) in [6, 6.07) is 35.2. The summed E-state index contributed by atoms with van der Waals surface area (Å²) in [6.45, 7) is 19.5. The Morgan fingerprint density at radius 1 is 0.721 bits per heavy atom. The van der Waals surface area contributed by atoms with Gasteiger partial charge in [0.25, 0.3) is 0 Å². The first-order chi connectivity index (χ1) is 40.8. The van der Waals surface area contributed by atoms with Crippen molar-refractivity contribution in [2.45, 2.75) is 145 Å². The molecule has 0 atom stereocenters. The number of carbonyl (C=O) groups is 3. The van der Waals surface area contributed by atoms with Gasteiger partial charge in [-0.2, -0.15) is 0 Å². The first-order valence-corrected chi connectivity index (χ1v) is 38.3. The molecule has 2 heterocycles. The second kappa shape index (κ2) is 41.8. The Morgan fingerprint density at radius 3 is 1.98 bits per heavy atom. The van der Waals surface area contributed by atoms with E-state index in [2.05, 4.69) is 203 Å². The van der Waals surface area contributed by atoms with E-state index in [1.807, 2.05) is 19.9 Å². The van der Waals surface area contributed by atoms with Crippen LogP contribution in [0.15, 0.2) is 138 Å². The molecular formula is C70H103ClN8O6Sn. The monoisotopic (exact) mass is 1310 g/mol. The van der Waals surface area contributed by atoms with Gasteiger partial charge in [0.1, 0.15) is 13.2 Å². The average molecular weight is 1310 g/mol. The predicted molar refractivity (Wildman–Crippen MR) is 360 cm³/mol. The van der Waals surface area contributed by atoms with Gasteiger partial charge < -0.3 is 42.2 Å². The molecule has 0 bridgehead atoms. The van der Waals surface area contributed by atoms with Gasteiger partial charge in [-0.3, -0.25) is 4.79 Å². The van der Waals surface area contributed by atoms with E-state index in [0.717, 1.165) is 37.9 Å². The SMILES string of the molecule is C.CC.CCC[CH2][Sn]([CH2]CCC)([CH2]CCC)[c]1cccc(C(=O)NC)c1.CNC(=O)CCCCC[N+]1=C(/C=C/C=C/C=C2/N(C)c3ccc4ccccc4c3C2(C)C)c2cc3ccccc3cc2C1.CNC(=O)OCCOCCOCCN=[N+]=[N-].[Cl-]. The van der Waals surface area contributed by atoms with Crippen LogP contribution in [0.3, 0.4) is 0 Å². The summed E-state index contributed by atoms with van der Waals surface area (Å²) in [6.07, 6.45) is 22.1. The number of fused-ring (bicyclic) bond motifs is 5. The summed E-state index contributed by atoms with van der Waals surface area (Å²) in [5.74, 6) is 0.176. The number of amides is 3. The van der Waals surface area contributed by atoms with Gasteiger partial charge in [-0.05, 0) is 69.8 Å². The molecule has 5 aromatic carbocycles. The molecule has 0 fully saturated rings. The van der Waals surface area contributed by atoms with Gasteiger partial charge in [-0.1, -0.05) is 113 Å². The molecule has 5 aromatic rings. The van der Waals surface area contributed by atoms with Gasteiger partial charge in [-0.15, -0.1) is 0 Å². The van der Waals surface area contributed by atoms with Crippen molar-refractivity contribution in [1.29, 1.82) is 0 Å². The topological polar surface area (TPSA) is 170 Å². The molecule has 0 spiro atoms. The van der Waals surface area contributed by atoms with Crippen molar-refractivity contribution >= 4 is 72.8 Å².